The minimum atomic E-state index is -4.20. The van der Waals surface area contributed by atoms with Gasteiger partial charge in [0.2, 0.25) is 5.88 Å². The smallest absolute Gasteiger partial charge is 0.391 e. The van der Waals surface area contributed by atoms with Crippen LogP contribution in [0.25, 0.3) is 0 Å². The molecule has 10 heteroatoms. The Morgan fingerprint density at radius 2 is 2.00 bits per heavy atom. The average Bonchev–Trinajstić information content (AvgIpc) is 2.60. The molecule has 0 bridgehead atoms. The second kappa shape index (κ2) is 8.41. The predicted molar refractivity (Wildman–Crippen MR) is 88.9 cm³/mol. The summed E-state index contributed by atoms with van der Waals surface area (Å²) in [5, 5.41) is 5.42. The maximum atomic E-state index is 12.7. The number of nitrogens with zero attached hydrogens (tertiary/aromatic N) is 1. The van der Waals surface area contributed by atoms with Crippen LogP contribution in [0.4, 0.5) is 29.1 Å². The highest BCUT2D eigenvalue weighted by Crippen LogP contribution is 2.37. The number of pyridine rings is 1. The fourth-order valence-electron chi connectivity index (χ4n) is 2.95. The maximum Gasteiger partial charge on any atom is 0.391 e. The van der Waals surface area contributed by atoms with Crippen molar-refractivity contribution in [1.82, 2.24) is 10.3 Å². The number of hydrogen-bond acceptors (Lipinski definition) is 5. The summed E-state index contributed by atoms with van der Waals surface area (Å²) < 4.78 is 55.7. The van der Waals surface area contributed by atoms with E-state index in [2.05, 4.69) is 15.6 Å². The van der Waals surface area contributed by atoms with Crippen LogP contribution in [-0.2, 0) is 0 Å². The van der Waals surface area contributed by atoms with Crippen molar-refractivity contribution in [2.24, 2.45) is 5.92 Å². The summed E-state index contributed by atoms with van der Waals surface area (Å²) in [7, 11) is 1.58. The number of alkyl halides is 4. The monoisotopic (exact) mass is 378 g/mol. The van der Waals surface area contributed by atoms with E-state index in [9.17, 15) is 22.4 Å². The van der Waals surface area contributed by atoms with Gasteiger partial charge in [-0.25, -0.2) is 4.39 Å². The molecular weight excluding hydrogens is 356 g/mol. The van der Waals surface area contributed by atoms with Gasteiger partial charge in [0.25, 0.3) is 5.91 Å². The average molecular weight is 378 g/mol. The zero-order valence-corrected chi connectivity index (χ0v) is 14.3. The van der Waals surface area contributed by atoms with Crippen molar-refractivity contribution in [3.05, 3.63) is 11.6 Å². The van der Waals surface area contributed by atoms with Crippen LogP contribution in [0.1, 0.15) is 36.0 Å². The first kappa shape index (κ1) is 20.1. The molecule has 26 heavy (non-hydrogen) atoms. The summed E-state index contributed by atoms with van der Waals surface area (Å²) in [5.41, 5.74) is 6.03. The summed E-state index contributed by atoms with van der Waals surface area (Å²) in [6, 6.07) is 0.976. The van der Waals surface area contributed by atoms with Gasteiger partial charge < -0.3 is 21.1 Å². The van der Waals surface area contributed by atoms with E-state index >= 15 is 0 Å². The first-order valence-corrected chi connectivity index (χ1v) is 8.30. The number of nitrogens with two attached hydrogens (primary N) is 1. The highest BCUT2D eigenvalue weighted by Gasteiger charge is 2.41. The van der Waals surface area contributed by atoms with E-state index in [1.54, 1.807) is 7.05 Å². The van der Waals surface area contributed by atoms with Crippen LogP contribution in [0.2, 0.25) is 0 Å². The van der Waals surface area contributed by atoms with Crippen LogP contribution >= 0.6 is 0 Å². The Kier molecular flexibility index (Phi) is 6.49. The lowest BCUT2D eigenvalue weighted by Gasteiger charge is -2.30. The molecule has 1 aromatic heterocycles. The normalized spacial score (nSPS) is 20.5. The summed E-state index contributed by atoms with van der Waals surface area (Å²) in [5.74, 6) is -1.69. The highest BCUT2D eigenvalue weighted by molar-refractivity contribution is 5.98. The molecule has 1 aromatic rings. The van der Waals surface area contributed by atoms with Gasteiger partial charge in [0.05, 0.1) is 11.6 Å². The first-order chi connectivity index (χ1) is 12.3. The van der Waals surface area contributed by atoms with Crippen LogP contribution in [0.15, 0.2) is 6.07 Å². The summed E-state index contributed by atoms with van der Waals surface area (Å²) in [6.45, 7) is -1.04. The zero-order valence-electron chi connectivity index (χ0n) is 14.3. The molecule has 146 valence electrons. The molecule has 1 amide bonds. The number of anilines is 2. The second-order valence-corrected chi connectivity index (χ2v) is 6.13. The minimum absolute atomic E-state index is 0.0212. The summed E-state index contributed by atoms with van der Waals surface area (Å²) in [6.07, 6.45) is -3.80. The molecule has 1 saturated carbocycles. The Morgan fingerprint density at radius 1 is 1.35 bits per heavy atom. The first-order valence-electron chi connectivity index (χ1n) is 8.30. The van der Waals surface area contributed by atoms with Crippen molar-refractivity contribution in [1.29, 1.82) is 0 Å². The van der Waals surface area contributed by atoms with Gasteiger partial charge in [0, 0.05) is 13.1 Å². The number of aromatic nitrogens is 1. The number of nitrogen functional groups attached to an aromatic ring is 1. The van der Waals surface area contributed by atoms with Gasteiger partial charge in [0.15, 0.2) is 5.82 Å². The maximum absolute atomic E-state index is 12.7. The Bertz CT molecular complexity index is 631. The summed E-state index contributed by atoms with van der Waals surface area (Å²) >= 11 is 0. The van der Waals surface area contributed by atoms with E-state index in [0.717, 1.165) is 0 Å². The number of nitrogens with one attached hydrogen (secondary N) is 2. The lowest BCUT2D eigenvalue weighted by molar-refractivity contribution is -0.182. The number of hydrogen-bond donors (Lipinski definition) is 3. The number of rotatable bonds is 6. The number of halogens is 4. The molecule has 1 aliphatic rings. The fourth-order valence-corrected chi connectivity index (χ4v) is 2.95. The summed E-state index contributed by atoms with van der Waals surface area (Å²) in [4.78, 5) is 16.6. The van der Waals surface area contributed by atoms with Gasteiger partial charge in [-0.2, -0.15) is 18.2 Å². The van der Waals surface area contributed by atoms with Gasteiger partial charge >= 0.3 is 6.18 Å². The SMILES string of the molecule is CNc1nc(OCCF)c(C(=O)N[C@H]2CC[C@H](C(F)(F)F)CC2)cc1N. The Morgan fingerprint density at radius 3 is 2.54 bits per heavy atom. The van der Waals surface area contributed by atoms with E-state index < -0.39 is 24.7 Å². The van der Waals surface area contributed by atoms with Gasteiger partial charge in [-0.05, 0) is 31.7 Å². The Balaban J connectivity index is 2.08. The van der Waals surface area contributed by atoms with Crippen molar-refractivity contribution in [2.75, 3.05) is 31.4 Å². The molecule has 4 N–H and O–H groups in total. The van der Waals surface area contributed by atoms with E-state index in [1.807, 2.05) is 0 Å². The quantitative estimate of drug-likeness (QED) is 0.663. The van der Waals surface area contributed by atoms with E-state index in [1.165, 1.54) is 6.07 Å². The molecule has 0 unspecified atom stereocenters. The van der Waals surface area contributed by atoms with Crippen LogP contribution in [0.5, 0.6) is 5.88 Å². The van der Waals surface area contributed by atoms with Crippen molar-refractivity contribution in [3.63, 3.8) is 0 Å². The van der Waals surface area contributed by atoms with Crippen molar-refractivity contribution >= 4 is 17.4 Å². The molecule has 1 aliphatic carbocycles. The molecule has 1 fully saturated rings. The molecule has 0 radical (unpaired) electrons. The van der Waals surface area contributed by atoms with E-state index in [-0.39, 0.29) is 61.3 Å². The fraction of sp³-hybridized carbons (Fsp3) is 0.625. The van der Waals surface area contributed by atoms with Crippen molar-refractivity contribution in [3.8, 4) is 5.88 Å². The topological polar surface area (TPSA) is 89.3 Å². The van der Waals surface area contributed by atoms with Gasteiger partial charge in [0.1, 0.15) is 18.8 Å². The number of amides is 1. The van der Waals surface area contributed by atoms with Crippen LogP contribution < -0.4 is 21.1 Å². The number of carbonyl (C=O) groups is 1. The standard InChI is InChI=1S/C16H22F4N4O2/c1-22-13-12(21)8-11(15(24-13)26-7-6-17)14(25)23-10-4-2-9(3-5-10)16(18,19)20/h8-10H,2-7,21H2,1H3,(H,22,24)(H,23,25)/t9-,10-. The Labute approximate surface area is 148 Å². The third kappa shape index (κ3) is 4.89. The van der Waals surface area contributed by atoms with Gasteiger partial charge in [-0.15, -0.1) is 0 Å². The van der Waals surface area contributed by atoms with E-state index in [4.69, 9.17) is 10.5 Å². The molecule has 0 aromatic carbocycles. The minimum Gasteiger partial charge on any atom is -0.474 e. The lowest BCUT2D eigenvalue weighted by Crippen LogP contribution is -2.40. The predicted octanol–water partition coefficient (Wildman–Crippen LogP) is 2.90. The molecule has 1 heterocycles. The molecule has 0 aliphatic heterocycles. The van der Waals surface area contributed by atoms with Crippen LogP contribution in [0.3, 0.4) is 0 Å². The largest absolute Gasteiger partial charge is 0.474 e. The molecule has 0 saturated heterocycles. The molecular formula is C16H22F4N4O2. The molecule has 0 spiro atoms. The third-order valence-electron chi connectivity index (χ3n) is 4.34. The highest BCUT2D eigenvalue weighted by atomic mass is 19.4. The Hall–Kier alpha value is -2.26. The third-order valence-corrected chi connectivity index (χ3v) is 4.34. The van der Waals surface area contributed by atoms with Crippen molar-refractivity contribution in [2.45, 2.75) is 37.9 Å². The zero-order chi connectivity index (χ0) is 19.3. The van der Waals surface area contributed by atoms with Gasteiger partial charge in [-0.3, -0.25) is 4.79 Å². The molecule has 2 rings (SSSR count). The number of ether oxygens (including phenoxy) is 1. The van der Waals surface area contributed by atoms with Crippen LogP contribution in [0, 0.1) is 5.92 Å². The molecule has 6 nitrogen and oxygen atoms in total. The molecule has 0 atom stereocenters. The van der Waals surface area contributed by atoms with Gasteiger partial charge in [-0.1, -0.05) is 0 Å². The van der Waals surface area contributed by atoms with E-state index in [0.29, 0.717) is 0 Å². The van der Waals surface area contributed by atoms with Crippen molar-refractivity contribution < 1.29 is 27.1 Å². The second-order valence-electron chi connectivity index (χ2n) is 6.13. The van der Waals surface area contributed by atoms with Crippen LogP contribution in [-0.4, -0.2) is 43.4 Å². The lowest BCUT2D eigenvalue weighted by atomic mass is 9.85. The number of carbonyl (C=O) groups excluding carboxylic acids is 1.